The Labute approximate surface area is 202 Å². The molecule has 3 nitrogen and oxygen atoms in total. The van der Waals surface area contributed by atoms with Crippen LogP contribution in [0.2, 0.25) is 0 Å². The van der Waals surface area contributed by atoms with Crippen molar-refractivity contribution in [2.45, 2.75) is 113 Å². The molecule has 3 heteroatoms. The molecule has 0 aromatic carbocycles. The smallest absolute Gasteiger partial charge is 0.141 e. The van der Waals surface area contributed by atoms with Crippen molar-refractivity contribution in [3.8, 4) is 0 Å². The van der Waals surface area contributed by atoms with Gasteiger partial charge in [0.1, 0.15) is 5.78 Å². The summed E-state index contributed by atoms with van der Waals surface area (Å²) < 4.78 is 0. The van der Waals surface area contributed by atoms with Crippen LogP contribution >= 0.6 is 0 Å². The number of Topliss-reactive ketones (excluding diaryl/α,β-unsaturated/α-hetero) is 1. The summed E-state index contributed by atoms with van der Waals surface area (Å²) in [6, 6.07) is 0. The number of carbonyl (C=O) groups is 1. The third-order valence-corrected chi connectivity index (χ3v) is 11.7. The van der Waals surface area contributed by atoms with E-state index in [4.69, 9.17) is 0 Å². The van der Waals surface area contributed by atoms with Gasteiger partial charge in [-0.15, -0.1) is 0 Å². The van der Waals surface area contributed by atoms with Gasteiger partial charge in [0.05, 0.1) is 12.0 Å². The second kappa shape index (κ2) is 8.63. The molecule has 0 aromatic rings. The van der Waals surface area contributed by atoms with Gasteiger partial charge in [-0.1, -0.05) is 50.5 Å². The maximum atomic E-state index is 13.0. The molecule has 0 aliphatic heterocycles. The third kappa shape index (κ3) is 3.63. The number of hydrogen-bond donors (Lipinski definition) is 1. The molecule has 4 fully saturated rings. The minimum Gasteiger partial charge on any atom is -0.299 e. The Balaban J connectivity index is 1.65. The fraction of sp³-hybridized carbons (Fsp3) is 0.833. The Morgan fingerprint density at radius 1 is 0.970 bits per heavy atom. The molecule has 4 rings (SSSR count). The highest BCUT2D eigenvalue weighted by atomic mass is 17.1. The van der Waals surface area contributed by atoms with E-state index >= 15 is 0 Å². The van der Waals surface area contributed by atoms with Gasteiger partial charge in [0.2, 0.25) is 0 Å². The molecule has 3 unspecified atom stereocenters. The van der Waals surface area contributed by atoms with Crippen LogP contribution in [0.5, 0.6) is 0 Å². The van der Waals surface area contributed by atoms with Gasteiger partial charge in [-0.3, -0.25) is 10.1 Å². The predicted octanol–water partition coefficient (Wildman–Crippen LogP) is 8.16. The molecule has 33 heavy (non-hydrogen) atoms. The fourth-order valence-electron chi connectivity index (χ4n) is 9.71. The zero-order chi connectivity index (χ0) is 24.2. The quantitative estimate of drug-likeness (QED) is 0.258. The van der Waals surface area contributed by atoms with E-state index in [0.717, 1.165) is 18.8 Å². The molecule has 7 atom stereocenters. The molecular weight excluding hydrogens is 408 g/mol. The van der Waals surface area contributed by atoms with Crippen molar-refractivity contribution in [1.82, 2.24) is 0 Å². The fourth-order valence-corrected chi connectivity index (χ4v) is 9.71. The van der Waals surface area contributed by atoms with Crippen LogP contribution in [0.25, 0.3) is 0 Å². The van der Waals surface area contributed by atoms with Crippen LogP contribution in [0.3, 0.4) is 0 Å². The highest BCUT2D eigenvalue weighted by molar-refractivity contribution is 5.86. The van der Waals surface area contributed by atoms with Crippen LogP contribution in [0.1, 0.15) is 113 Å². The van der Waals surface area contributed by atoms with E-state index in [9.17, 15) is 10.1 Å². The lowest BCUT2D eigenvalue weighted by atomic mass is 9.35. The van der Waals surface area contributed by atoms with Crippen molar-refractivity contribution >= 4 is 5.78 Å². The SMILES string of the molecule is CC(C)=CCCC(C)=C1CC[C@@]2(C)C1CCC1[C@@]3(C)CCC(=O)[C@](C)(COO)C3CC[C@@]12C. The summed E-state index contributed by atoms with van der Waals surface area (Å²) in [6.45, 7) is 16.7. The lowest BCUT2D eigenvalue weighted by Crippen LogP contribution is -2.64. The first kappa shape index (κ1) is 25.2. The summed E-state index contributed by atoms with van der Waals surface area (Å²) in [7, 11) is 0. The van der Waals surface area contributed by atoms with Crippen LogP contribution in [0.4, 0.5) is 0 Å². The van der Waals surface area contributed by atoms with E-state index < -0.39 is 5.41 Å². The Hall–Kier alpha value is -0.930. The number of ketones is 1. The molecule has 0 aromatic heterocycles. The van der Waals surface area contributed by atoms with E-state index in [2.05, 4.69) is 59.4 Å². The van der Waals surface area contributed by atoms with E-state index in [1.54, 1.807) is 11.1 Å². The summed E-state index contributed by atoms with van der Waals surface area (Å²) >= 11 is 0. The molecular formula is C30H48O3. The summed E-state index contributed by atoms with van der Waals surface area (Å²) in [4.78, 5) is 17.7. The van der Waals surface area contributed by atoms with Gasteiger partial charge in [-0.05, 0) is 113 Å². The minimum atomic E-state index is -0.552. The maximum absolute atomic E-state index is 13.0. The molecule has 4 aliphatic carbocycles. The second-order valence-corrected chi connectivity index (χ2v) is 13.4. The maximum Gasteiger partial charge on any atom is 0.141 e. The summed E-state index contributed by atoms with van der Waals surface area (Å²) in [5, 5.41) is 9.34. The molecule has 1 N–H and O–H groups in total. The Kier molecular flexibility index (Phi) is 6.58. The Bertz CT molecular complexity index is 851. The minimum absolute atomic E-state index is 0.146. The molecule has 0 bridgehead atoms. The van der Waals surface area contributed by atoms with Crippen molar-refractivity contribution in [3.63, 3.8) is 0 Å². The molecule has 0 heterocycles. The van der Waals surface area contributed by atoms with Crippen molar-refractivity contribution < 1.29 is 14.9 Å². The van der Waals surface area contributed by atoms with E-state index in [0.29, 0.717) is 34.9 Å². The van der Waals surface area contributed by atoms with Gasteiger partial charge in [-0.2, -0.15) is 0 Å². The van der Waals surface area contributed by atoms with Gasteiger partial charge in [0.25, 0.3) is 0 Å². The molecule has 4 saturated carbocycles. The van der Waals surface area contributed by atoms with Crippen molar-refractivity contribution in [2.75, 3.05) is 6.61 Å². The normalized spacial score (nSPS) is 46.3. The molecule has 0 amide bonds. The van der Waals surface area contributed by atoms with Crippen molar-refractivity contribution in [3.05, 3.63) is 22.8 Å². The van der Waals surface area contributed by atoms with E-state index in [1.807, 2.05) is 0 Å². The number of fused-ring (bicyclic) bond motifs is 5. The topological polar surface area (TPSA) is 46.5 Å². The first-order valence-electron chi connectivity index (χ1n) is 13.6. The van der Waals surface area contributed by atoms with Gasteiger partial charge in [0.15, 0.2) is 0 Å². The second-order valence-electron chi connectivity index (χ2n) is 13.4. The molecule has 4 aliphatic rings. The van der Waals surface area contributed by atoms with E-state index in [-0.39, 0.29) is 12.0 Å². The Morgan fingerprint density at radius 3 is 2.36 bits per heavy atom. The van der Waals surface area contributed by atoms with Gasteiger partial charge >= 0.3 is 0 Å². The van der Waals surface area contributed by atoms with Gasteiger partial charge < -0.3 is 0 Å². The number of carbonyl (C=O) groups excluding carboxylic acids is 1. The van der Waals surface area contributed by atoms with Crippen LogP contribution in [-0.2, 0) is 9.68 Å². The van der Waals surface area contributed by atoms with Crippen molar-refractivity contribution in [2.24, 2.45) is 39.4 Å². The monoisotopic (exact) mass is 456 g/mol. The predicted molar refractivity (Wildman–Crippen MR) is 135 cm³/mol. The molecule has 0 saturated heterocycles. The van der Waals surface area contributed by atoms with E-state index in [1.165, 1.54) is 50.5 Å². The molecule has 0 spiro atoms. The van der Waals surface area contributed by atoms with Crippen LogP contribution in [0.15, 0.2) is 22.8 Å². The summed E-state index contributed by atoms with van der Waals surface area (Å²) in [6.07, 6.45) is 13.8. The zero-order valence-electron chi connectivity index (χ0n) is 22.4. The average molecular weight is 457 g/mol. The summed E-state index contributed by atoms with van der Waals surface area (Å²) in [5.41, 5.74) is 5.11. The van der Waals surface area contributed by atoms with Crippen molar-refractivity contribution in [1.29, 1.82) is 0 Å². The average Bonchev–Trinajstić information content (AvgIpc) is 3.09. The number of rotatable bonds is 5. The first-order valence-corrected chi connectivity index (χ1v) is 13.6. The van der Waals surface area contributed by atoms with Crippen LogP contribution in [0, 0.1) is 39.4 Å². The van der Waals surface area contributed by atoms with Crippen LogP contribution in [-0.4, -0.2) is 17.6 Å². The highest BCUT2D eigenvalue weighted by Gasteiger charge is 2.68. The standard InChI is InChI=1S/C30H48O3/c1-20(2)9-8-10-21(3)22-13-17-29(6)23(22)11-12-25-27(4)16-15-26(31)28(5,19-33-32)24(27)14-18-30(25,29)7/h9,23-25,32H,8,10-19H2,1-7H3/t23?,24?,25?,27-,28+,29-,30-/m0/s1. The van der Waals surface area contributed by atoms with Gasteiger partial charge in [0, 0.05) is 6.42 Å². The van der Waals surface area contributed by atoms with Gasteiger partial charge in [-0.25, -0.2) is 4.89 Å². The highest BCUT2D eigenvalue weighted by Crippen LogP contribution is 2.75. The Morgan fingerprint density at radius 2 is 1.70 bits per heavy atom. The summed E-state index contributed by atoms with van der Waals surface area (Å²) in [5.74, 6) is 1.96. The largest absolute Gasteiger partial charge is 0.299 e. The third-order valence-electron chi connectivity index (χ3n) is 11.7. The lowest BCUT2D eigenvalue weighted by Gasteiger charge is -2.68. The number of hydrogen-bond acceptors (Lipinski definition) is 3. The number of allylic oxidation sites excluding steroid dienone is 4. The molecule has 0 radical (unpaired) electrons. The lowest BCUT2D eigenvalue weighted by molar-refractivity contribution is -0.278. The molecule has 186 valence electrons. The first-order chi connectivity index (χ1) is 15.4. The van der Waals surface area contributed by atoms with Crippen LogP contribution < -0.4 is 0 Å². The zero-order valence-corrected chi connectivity index (χ0v) is 22.4.